The minimum Gasteiger partial charge on any atom is -0.377 e. The first-order chi connectivity index (χ1) is 9.11. The summed E-state index contributed by atoms with van der Waals surface area (Å²) in [6.45, 7) is 2.74. The van der Waals surface area contributed by atoms with E-state index >= 15 is 0 Å². The van der Waals surface area contributed by atoms with E-state index in [1.807, 2.05) is 6.92 Å². The molecule has 0 aliphatic carbocycles. The lowest BCUT2D eigenvalue weighted by molar-refractivity contribution is -0.385. The molecule has 5 nitrogen and oxygen atoms in total. The number of non-ortho nitro benzene ring substituents is 1. The molecule has 1 aromatic rings. The van der Waals surface area contributed by atoms with Crippen LogP contribution in [0.15, 0.2) is 18.2 Å². The molecule has 1 N–H and O–H groups in total. The van der Waals surface area contributed by atoms with Crippen molar-refractivity contribution in [1.82, 2.24) is 0 Å². The Hall–Kier alpha value is -1.69. The average Bonchev–Trinajstić information content (AvgIpc) is 2.91. The fourth-order valence-electron chi connectivity index (χ4n) is 2.31. The summed E-state index contributed by atoms with van der Waals surface area (Å²) in [6, 6.07) is 3.67. The summed E-state index contributed by atoms with van der Waals surface area (Å²) in [7, 11) is 0. The molecule has 0 spiro atoms. The fourth-order valence-corrected chi connectivity index (χ4v) is 2.31. The van der Waals surface area contributed by atoms with Crippen LogP contribution in [0.3, 0.4) is 0 Å². The average molecular weight is 268 g/mol. The van der Waals surface area contributed by atoms with Crippen LogP contribution in [0.2, 0.25) is 0 Å². The van der Waals surface area contributed by atoms with Crippen LogP contribution < -0.4 is 5.32 Å². The zero-order chi connectivity index (χ0) is 13.8. The lowest BCUT2D eigenvalue weighted by atomic mass is 10.1. The van der Waals surface area contributed by atoms with Gasteiger partial charge >= 0.3 is 0 Å². The summed E-state index contributed by atoms with van der Waals surface area (Å²) in [6.07, 6.45) is 2.87. The van der Waals surface area contributed by atoms with Crippen molar-refractivity contribution in [3.8, 4) is 0 Å². The number of nitro benzene ring substituents is 1. The molecule has 0 aromatic heterocycles. The highest BCUT2D eigenvalue weighted by Crippen LogP contribution is 2.25. The van der Waals surface area contributed by atoms with Gasteiger partial charge in [-0.05, 0) is 25.3 Å². The Morgan fingerprint density at radius 3 is 2.95 bits per heavy atom. The van der Waals surface area contributed by atoms with Crippen LogP contribution in [0.1, 0.15) is 26.2 Å². The zero-order valence-corrected chi connectivity index (χ0v) is 10.8. The molecule has 1 aromatic carbocycles. The van der Waals surface area contributed by atoms with Gasteiger partial charge in [0, 0.05) is 12.7 Å². The Bertz CT molecular complexity index is 461. The second-order valence-corrected chi connectivity index (χ2v) is 4.63. The van der Waals surface area contributed by atoms with Crippen LogP contribution in [0.5, 0.6) is 0 Å². The highest BCUT2D eigenvalue weighted by molar-refractivity contribution is 5.50. The van der Waals surface area contributed by atoms with Gasteiger partial charge in [-0.1, -0.05) is 6.92 Å². The Morgan fingerprint density at radius 1 is 1.63 bits per heavy atom. The normalized spacial score (nSPS) is 20.2. The number of ether oxygens (including phenoxy) is 1. The fraction of sp³-hybridized carbons (Fsp3) is 0.538. The molecule has 1 aliphatic heterocycles. The zero-order valence-electron chi connectivity index (χ0n) is 10.8. The van der Waals surface area contributed by atoms with Crippen molar-refractivity contribution in [1.29, 1.82) is 0 Å². The maximum atomic E-state index is 13.8. The van der Waals surface area contributed by atoms with Crippen LogP contribution in [0.4, 0.5) is 15.8 Å². The molecule has 2 unspecified atom stereocenters. The van der Waals surface area contributed by atoms with E-state index in [2.05, 4.69) is 5.32 Å². The topological polar surface area (TPSA) is 64.4 Å². The standard InChI is InChI=1S/C13H17FN2O3/c1-2-11(13-4-3-7-19-13)15-12-6-5-9(16(17)18)8-10(12)14/h5-6,8,11,13,15H,2-4,7H2,1H3. The second kappa shape index (κ2) is 5.97. The molecule has 0 bridgehead atoms. The van der Waals surface area contributed by atoms with E-state index in [1.165, 1.54) is 12.1 Å². The number of anilines is 1. The Kier molecular flexibility index (Phi) is 4.31. The SMILES string of the molecule is CCC(Nc1ccc([N+](=O)[O-])cc1F)C1CCCO1. The maximum Gasteiger partial charge on any atom is 0.272 e. The van der Waals surface area contributed by atoms with Crippen molar-refractivity contribution in [2.24, 2.45) is 0 Å². The van der Waals surface area contributed by atoms with Crippen LogP contribution in [-0.4, -0.2) is 23.7 Å². The molecule has 6 heteroatoms. The number of nitrogens with zero attached hydrogens (tertiary/aromatic N) is 1. The van der Waals surface area contributed by atoms with E-state index in [0.29, 0.717) is 0 Å². The number of benzene rings is 1. The molecule has 1 heterocycles. The number of nitrogens with one attached hydrogen (secondary N) is 1. The molecular weight excluding hydrogens is 251 g/mol. The quantitative estimate of drug-likeness (QED) is 0.658. The smallest absolute Gasteiger partial charge is 0.272 e. The number of halogens is 1. The van der Waals surface area contributed by atoms with Crippen molar-refractivity contribution in [2.45, 2.75) is 38.3 Å². The molecule has 19 heavy (non-hydrogen) atoms. The highest BCUT2D eigenvalue weighted by atomic mass is 19.1. The van der Waals surface area contributed by atoms with E-state index in [0.717, 1.165) is 31.9 Å². The largest absolute Gasteiger partial charge is 0.377 e. The van der Waals surface area contributed by atoms with Crippen molar-refractivity contribution in [3.05, 3.63) is 34.1 Å². The van der Waals surface area contributed by atoms with Gasteiger partial charge in [-0.3, -0.25) is 10.1 Å². The third-order valence-corrected chi connectivity index (χ3v) is 3.36. The maximum absolute atomic E-state index is 13.8. The second-order valence-electron chi connectivity index (χ2n) is 4.63. The van der Waals surface area contributed by atoms with E-state index in [1.54, 1.807) is 0 Å². The summed E-state index contributed by atoms with van der Waals surface area (Å²) in [5.41, 5.74) is 0.0427. The van der Waals surface area contributed by atoms with Crippen LogP contribution in [0, 0.1) is 15.9 Å². The summed E-state index contributed by atoms with van der Waals surface area (Å²) in [5, 5.41) is 13.6. The molecule has 2 rings (SSSR count). The summed E-state index contributed by atoms with van der Waals surface area (Å²) >= 11 is 0. The third kappa shape index (κ3) is 3.20. The minimum atomic E-state index is -0.607. The van der Waals surface area contributed by atoms with Crippen LogP contribution >= 0.6 is 0 Å². The van der Waals surface area contributed by atoms with E-state index in [4.69, 9.17) is 4.74 Å². The molecule has 1 saturated heterocycles. The van der Waals surface area contributed by atoms with E-state index in [9.17, 15) is 14.5 Å². The van der Waals surface area contributed by atoms with Crippen molar-refractivity contribution < 1.29 is 14.1 Å². The molecule has 2 atom stereocenters. The first-order valence-corrected chi connectivity index (χ1v) is 6.44. The van der Waals surface area contributed by atoms with Gasteiger partial charge in [-0.15, -0.1) is 0 Å². The predicted octanol–water partition coefficient (Wildman–Crippen LogP) is 3.10. The van der Waals surface area contributed by atoms with Gasteiger partial charge in [0.15, 0.2) is 5.82 Å². The molecular formula is C13H17FN2O3. The van der Waals surface area contributed by atoms with Gasteiger partial charge in [0.25, 0.3) is 5.69 Å². The lowest BCUT2D eigenvalue weighted by Gasteiger charge is -2.24. The molecule has 1 fully saturated rings. The Labute approximate surface area is 110 Å². The number of nitro groups is 1. The molecule has 104 valence electrons. The third-order valence-electron chi connectivity index (χ3n) is 3.36. The van der Waals surface area contributed by atoms with Gasteiger partial charge in [0.2, 0.25) is 0 Å². The Balaban J connectivity index is 2.10. The number of hydrogen-bond acceptors (Lipinski definition) is 4. The van der Waals surface area contributed by atoms with Gasteiger partial charge in [-0.25, -0.2) is 4.39 Å². The molecule has 0 saturated carbocycles. The molecule has 0 radical (unpaired) electrons. The summed E-state index contributed by atoms with van der Waals surface area (Å²) in [5.74, 6) is -0.606. The first-order valence-electron chi connectivity index (χ1n) is 6.44. The van der Waals surface area contributed by atoms with Crippen molar-refractivity contribution in [3.63, 3.8) is 0 Å². The van der Waals surface area contributed by atoms with E-state index < -0.39 is 10.7 Å². The lowest BCUT2D eigenvalue weighted by Crippen LogP contribution is -2.32. The number of hydrogen-bond donors (Lipinski definition) is 1. The number of rotatable bonds is 5. The molecule has 0 amide bonds. The van der Waals surface area contributed by atoms with Gasteiger partial charge in [-0.2, -0.15) is 0 Å². The van der Waals surface area contributed by atoms with Gasteiger partial charge < -0.3 is 10.1 Å². The van der Waals surface area contributed by atoms with Crippen molar-refractivity contribution >= 4 is 11.4 Å². The Morgan fingerprint density at radius 2 is 2.42 bits per heavy atom. The monoisotopic (exact) mass is 268 g/mol. The van der Waals surface area contributed by atoms with Gasteiger partial charge in [0.05, 0.1) is 28.8 Å². The van der Waals surface area contributed by atoms with Crippen LogP contribution in [0.25, 0.3) is 0 Å². The highest BCUT2D eigenvalue weighted by Gasteiger charge is 2.25. The predicted molar refractivity (Wildman–Crippen MR) is 69.7 cm³/mol. The minimum absolute atomic E-state index is 0.0263. The van der Waals surface area contributed by atoms with Crippen molar-refractivity contribution in [2.75, 3.05) is 11.9 Å². The van der Waals surface area contributed by atoms with Crippen LogP contribution in [-0.2, 0) is 4.74 Å². The first kappa shape index (κ1) is 13.7. The molecule has 1 aliphatic rings. The summed E-state index contributed by atoms with van der Waals surface area (Å²) in [4.78, 5) is 9.94. The summed E-state index contributed by atoms with van der Waals surface area (Å²) < 4.78 is 19.4. The van der Waals surface area contributed by atoms with Gasteiger partial charge in [0.1, 0.15) is 0 Å². The van der Waals surface area contributed by atoms with E-state index in [-0.39, 0.29) is 23.5 Å².